The van der Waals surface area contributed by atoms with Crippen molar-refractivity contribution in [2.45, 2.75) is 26.7 Å². The van der Waals surface area contributed by atoms with Gasteiger partial charge >= 0.3 is 0 Å². The second-order valence-electron chi connectivity index (χ2n) is 12.9. The number of nitrogens with zero attached hydrogens (tertiary/aromatic N) is 1. The number of allylic oxidation sites excluding steroid dienone is 19. The normalized spacial score (nSPS) is 12.4. The second-order valence-corrected chi connectivity index (χ2v) is 12.9. The van der Waals surface area contributed by atoms with Gasteiger partial charge < -0.3 is 4.90 Å². The topological polar surface area (TPSA) is 3.24 Å². The zero-order valence-corrected chi connectivity index (χ0v) is 32.5. The highest BCUT2D eigenvalue weighted by atomic mass is 15.1. The van der Waals surface area contributed by atoms with Crippen LogP contribution in [-0.2, 0) is 0 Å². The van der Waals surface area contributed by atoms with Crippen molar-refractivity contribution < 1.29 is 0 Å². The Morgan fingerprint density at radius 2 is 1.27 bits per heavy atom. The first-order chi connectivity index (χ1) is 26.8. The lowest BCUT2D eigenvalue weighted by molar-refractivity contribution is 0.902. The molecule has 0 saturated heterocycles. The molecule has 0 aliphatic carbocycles. The van der Waals surface area contributed by atoms with Crippen molar-refractivity contribution >= 4 is 11.3 Å². The summed E-state index contributed by atoms with van der Waals surface area (Å²) in [5.74, 6) is 0. The highest BCUT2D eigenvalue weighted by molar-refractivity contribution is 5.87. The average Bonchev–Trinajstić information content (AvgIpc) is 3.23. The van der Waals surface area contributed by atoms with Crippen molar-refractivity contribution in [2.75, 3.05) is 4.90 Å². The molecule has 0 aliphatic rings. The first-order valence-electron chi connectivity index (χ1n) is 18.6. The van der Waals surface area contributed by atoms with Crippen LogP contribution in [0, 0.1) is 0 Å². The van der Waals surface area contributed by atoms with Gasteiger partial charge in [0.15, 0.2) is 0 Å². The molecule has 0 saturated carbocycles. The van der Waals surface area contributed by atoms with E-state index in [4.69, 9.17) is 0 Å². The van der Waals surface area contributed by atoms with Gasteiger partial charge in [0.25, 0.3) is 0 Å². The highest BCUT2D eigenvalue weighted by Gasteiger charge is 2.15. The molecule has 274 valence electrons. The van der Waals surface area contributed by atoms with E-state index in [1.807, 2.05) is 67.7 Å². The molecule has 0 N–H and O–H groups in total. The molecule has 4 rings (SSSR count). The number of benzene rings is 4. The quantitative estimate of drug-likeness (QED) is 0.0874. The molecule has 0 aliphatic heterocycles. The van der Waals surface area contributed by atoms with Gasteiger partial charge in [-0.1, -0.05) is 209 Å². The van der Waals surface area contributed by atoms with Gasteiger partial charge in [0.2, 0.25) is 0 Å². The lowest BCUT2D eigenvalue weighted by Crippen LogP contribution is -2.15. The van der Waals surface area contributed by atoms with Gasteiger partial charge in [-0.25, -0.2) is 0 Å². The summed E-state index contributed by atoms with van der Waals surface area (Å²) >= 11 is 0. The summed E-state index contributed by atoms with van der Waals surface area (Å²) in [5, 5.41) is 0. The summed E-state index contributed by atoms with van der Waals surface area (Å²) in [7, 11) is 0. The van der Waals surface area contributed by atoms with Crippen molar-refractivity contribution in [3.05, 3.63) is 256 Å². The molecule has 0 atom stereocenters. The molecule has 0 spiro atoms. The Balaban J connectivity index is 1.74. The molecule has 1 nitrogen and oxygen atoms in total. The number of anilines is 1. The van der Waals surface area contributed by atoms with Crippen molar-refractivity contribution in [3.63, 3.8) is 0 Å². The van der Waals surface area contributed by atoms with E-state index in [9.17, 15) is 0 Å². The van der Waals surface area contributed by atoms with E-state index < -0.39 is 0 Å². The zero-order chi connectivity index (χ0) is 39.4. The van der Waals surface area contributed by atoms with Crippen LogP contribution in [0.1, 0.15) is 32.3 Å². The Bertz CT molecular complexity index is 2190. The van der Waals surface area contributed by atoms with Gasteiger partial charge in [0.1, 0.15) is 0 Å². The summed E-state index contributed by atoms with van der Waals surface area (Å²) in [6.45, 7) is 28.6. The molecule has 0 bridgehead atoms. The third kappa shape index (κ3) is 11.9. The minimum atomic E-state index is 0.749. The SMILES string of the molecule is C=C\C=C/C=C/C(C=C)=C/C=C/N(C(=C)CCC(=C)/C(C)=C/C=C\C)c1ccc(-c2ccc(-c3ccc(/C(C=C)=C/C=C)cc3)cc2)c(-c2ccccc2)c1. The lowest BCUT2D eigenvalue weighted by atomic mass is 9.92. The van der Waals surface area contributed by atoms with Gasteiger partial charge in [0.05, 0.1) is 0 Å². The van der Waals surface area contributed by atoms with Crippen LogP contribution < -0.4 is 4.90 Å². The molecule has 0 heterocycles. The molecule has 0 unspecified atom stereocenters. The van der Waals surface area contributed by atoms with Crippen LogP contribution in [0.25, 0.3) is 39.0 Å². The highest BCUT2D eigenvalue weighted by Crippen LogP contribution is 2.38. The van der Waals surface area contributed by atoms with E-state index >= 15 is 0 Å². The fraction of sp³-hybridized carbons (Fsp3) is 0.0741. The van der Waals surface area contributed by atoms with Crippen LogP contribution in [0.4, 0.5) is 5.69 Å². The fourth-order valence-corrected chi connectivity index (χ4v) is 5.98. The van der Waals surface area contributed by atoms with Crippen molar-refractivity contribution in [1.82, 2.24) is 0 Å². The maximum atomic E-state index is 4.58. The molecule has 0 fully saturated rings. The predicted molar refractivity (Wildman–Crippen MR) is 246 cm³/mol. The smallest absolute Gasteiger partial charge is 0.0458 e. The van der Waals surface area contributed by atoms with Gasteiger partial charge in [-0.3, -0.25) is 0 Å². The van der Waals surface area contributed by atoms with E-state index in [0.29, 0.717) is 0 Å². The van der Waals surface area contributed by atoms with Gasteiger partial charge in [-0.15, -0.1) is 0 Å². The Labute approximate surface area is 330 Å². The molecule has 0 aromatic heterocycles. The Morgan fingerprint density at radius 1 is 0.600 bits per heavy atom. The summed E-state index contributed by atoms with van der Waals surface area (Å²) in [6, 6.07) is 34.6. The lowest BCUT2D eigenvalue weighted by Gasteiger charge is -2.25. The van der Waals surface area contributed by atoms with Crippen LogP contribution in [0.15, 0.2) is 250 Å². The summed E-state index contributed by atoms with van der Waals surface area (Å²) < 4.78 is 0. The first kappa shape index (κ1) is 41.1. The molecular weight excluding hydrogens is 663 g/mol. The summed E-state index contributed by atoms with van der Waals surface area (Å²) in [4.78, 5) is 2.18. The van der Waals surface area contributed by atoms with Gasteiger partial charge in [-0.2, -0.15) is 0 Å². The molecular formula is C54H53N. The van der Waals surface area contributed by atoms with Gasteiger partial charge in [-0.05, 0) is 101 Å². The number of hydrogen-bond acceptors (Lipinski definition) is 1. The van der Waals surface area contributed by atoms with E-state index in [0.717, 1.165) is 79.9 Å². The Kier molecular flexibility index (Phi) is 16.2. The van der Waals surface area contributed by atoms with Crippen molar-refractivity contribution in [1.29, 1.82) is 0 Å². The van der Waals surface area contributed by atoms with Crippen LogP contribution in [0.3, 0.4) is 0 Å². The summed E-state index contributed by atoms with van der Waals surface area (Å²) in [6.07, 6.45) is 31.0. The molecule has 1 heteroatoms. The van der Waals surface area contributed by atoms with E-state index in [2.05, 4.69) is 167 Å². The Morgan fingerprint density at radius 3 is 1.91 bits per heavy atom. The third-order valence-electron chi connectivity index (χ3n) is 9.19. The zero-order valence-electron chi connectivity index (χ0n) is 32.5. The number of rotatable bonds is 19. The van der Waals surface area contributed by atoms with Gasteiger partial charge in [0, 0.05) is 17.6 Å². The third-order valence-corrected chi connectivity index (χ3v) is 9.19. The van der Waals surface area contributed by atoms with Crippen LogP contribution in [0.2, 0.25) is 0 Å². The largest absolute Gasteiger partial charge is 0.321 e. The van der Waals surface area contributed by atoms with Crippen LogP contribution >= 0.6 is 0 Å². The first-order valence-corrected chi connectivity index (χ1v) is 18.6. The van der Waals surface area contributed by atoms with E-state index in [1.165, 1.54) is 5.57 Å². The van der Waals surface area contributed by atoms with Crippen molar-refractivity contribution in [3.8, 4) is 33.4 Å². The van der Waals surface area contributed by atoms with Crippen LogP contribution in [-0.4, -0.2) is 0 Å². The minimum Gasteiger partial charge on any atom is -0.321 e. The second kappa shape index (κ2) is 21.7. The maximum Gasteiger partial charge on any atom is 0.0458 e. The standard InChI is InChI=1S/C54H53N/c1-9-14-16-18-24-45(12-4)25-21-40-55(44(8)29-28-43(7)42(6)23-15-10-2)52-38-39-53(54(41-52)50-26-19-17-20-27-50)51-36-34-49(35-37-51)48-32-30-47(31-33-48)46(13-5)22-11-3/h9-27,30-41H,1,3-5,7-8,28-29H2,2,6H3/b15-10-,16-14-,24-18+,40-21+,42-23+,45-25+,46-22+. The number of hydrogen-bond donors (Lipinski definition) is 0. The fourth-order valence-electron chi connectivity index (χ4n) is 5.98. The molecule has 0 radical (unpaired) electrons. The van der Waals surface area contributed by atoms with E-state index in [1.54, 1.807) is 12.2 Å². The maximum absolute atomic E-state index is 4.58. The Hall–Kier alpha value is -6.70. The predicted octanol–water partition coefficient (Wildman–Crippen LogP) is 15.5. The summed E-state index contributed by atoms with van der Waals surface area (Å²) in [5.41, 5.74) is 14.3. The van der Waals surface area contributed by atoms with Crippen molar-refractivity contribution in [2.24, 2.45) is 0 Å². The van der Waals surface area contributed by atoms with E-state index in [-0.39, 0.29) is 0 Å². The average molecular weight is 716 g/mol. The monoisotopic (exact) mass is 715 g/mol. The molecule has 4 aromatic carbocycles. The molecule has 0 amide bonds. The molecule has 4 aromatic rings. The minimum absolute atomic E-state index is 0.749. The van der Waals surface area contributed by atoms with Crippen LogP contribution in [0.5, 0.6) is 0 Å². The molecule has 55 heavy (non-hydrogen) atoms.